The third-order valence-electron chi connectivity index (χ3n) is 3.39. The molecule has 5 nitrogen and oxygen atoms in total. The van der Waals surface area contributed by atoms with Crippen molar-refractivity contribution in [1.82, 2.24) is 0 Å². The fourth-order valence-electron chi connectivity index (χ4n) is 2.37. The van der Waals surface area contributed by atoms with Crippen LogP contribution in [0.2, 0.25) is 0 Å². The van der Waals surface area contributed by atoms with E-state index in [2.05, 4.69) is 0 Å². The fraction of sp³-hybridized carbons (Fsp3) is 0. The van der Waals surface area contributed by atoms with Crippen LogP contribution in [-0.2, 0) is 4.79 Å². The van der Waals surface area contributed by atoms with E-state index in [1.807, 2.05) is 18.2 Å². The van der Waals surface area contributed by atoms with E-state index in [9.17, 15) is 14.7 Å². The maximum absolute atomic E-state index is 11.8. The van der Waals surface area contributed by atoms with Gasteiger partial charge in [-0.1, -0.05) is 30.3 Å². The van der Waals surface area contributed by atoms with E-state index < -0.39 is 11.8 Å². The van der Waals surface area contributed by atoms with Gasteiger partial charge in [-0.25, -0.2) is 4.79 Å². The number of carbonyl (C=O) groups is 2. The number of rotatable bonds is 4. The molecular formula is C18H12O5. The first kappa shape index (κ1) is 14.6. The van der Waals surface area contributed by atoms with Crippen LogP contribution in [-0.4, -0.2) is 22.0 Å². The molecule has 3 rings (SSSR count). The monoisotopic (exact) mass is 308 g/mol. The van der Waals surface area contributed by atoms with E-state index in [-0.39, 0.29) is 16.7 Å². The fourth-order valence-corrected chi connectivity index (χ4v) is 2.37. The molecule has 0 heterocycles. The van der Waals surface area contributed by atoms with Gasteiger partial charge in [0.25, 0.3) is 5.78 Å². The predicted octanol–water partition coefficient (Wildman–Crippen LogP) is 3.61. The molecule has 0 aliphatic carbocycles. The largest absolute Gasteiger partial charge is 0.507 e. The highest BCUT2D eigenvalue weighted by atomic mass is 16.5. The molecule has 0 bridgehead atoms. The van der Waals surface area contributed by atoms with Gasteiger partial charge in [0.1, 0.15) is 17.2 Å². The molecule has 0 saturated carbocycles. The van der Waals surface area contributed by atoms with Gasteiger partial charge in [-0.15, -0.1) is 0 Å². The Kier molecular flexibility index (Phi) is 3.68. The summed E-state index contributed by atoms with van der Waals surface area (Å²) in [4.78, 5) is 22.8. The molecule has 0 aliphatic rings. The normalized spacial score (nSPS) is 10.4. The number of ketones is 1. The molecule has 0 aliphatic heterocycles. The van der Waals surface area contributed by atoms with E-state index in [1.54, 1.807) is 30.3 Å². The zero-order chi connectivity index (χ0) is 16.4. The maximum Gasteiger partial charge on any atom is 0.377 e. The first-order valence-electron chi connectivity index (χ1n) is 6.83. The maximum atomic E-state index is 11.8. The molecule has 0 saturated heterocycles. The third kappa shape index (κ3) is 2.72. The smallest absolute Gasteiger partial charge is 0.377 e. The zero-order valence-corrected chi connectivity index (χ0v) is 11.9. The molecule has 2 N–H and O–H groups in total. The number of carboxylic acids is 1. The van der Waals surface area contributed by atoms with Gasteiger partial charge in [-0.3, -0.25) is 4.79 Å². The summed E-state index contributed by atoms with van der Waals surface area (Å²) in [5, 5.41) is 19.6. The molecule has 3 aromatic carbocycles. The second-order valence-corrected chi connectivity index (χ2v) is 4.86. The number of aliphatic carboxylic acids is 1. The Morgan fingerprint density at radius 2 is 1.61 bits per heavy atom. The highest BCUT2D eigenvalue weighted by molar-refractivity contribution is 6.42. The number of phenolic OH excluding ortho intramolecular Hbond substituents is 1. The molecular weight excluding hydrogens is 296 g/mol. The Balaban J connectivity index is 2.19. The Hall–Kier alpha value is -3.34. The lowest BCUT2D eigenvalue weighted by molar-refractivity contribution is -0.131. The van der Waals surface area contributed by atoms with Crippen LogP contribution in [0.25, 0.3) is 10.8 Å². The second kappa shape index (κ2) is 5.81. The van der Waals surface area contributed by atoms with Crippen molar-refractivity contribution in [3.63, 3.8) is 0 Å². The topological polar surface area (TPSA) is 83.8 Å². The lowest BCUT2D eigenvalue weighted by atomic mass is 10.00. The molecule has 0 amide bonds. The summed E-state index contributed by atoms with van der Waals surface area (Å²) in [5.41, 5.74) is -0.0778. The van der Waals surface area contributed by atoms with Crippen molar-refractivity contribution >= 4 is 22.5 Å². The Morgan fingerprint density at radius 3 is 2.30 bits per heavy atom. The summed E-state index contributed by atoms with van der Waals surface area (Å²) < 4.78 is 5.77. The number of aromatic hydroxyl groups is 1. The zero-order valence-electron chi connectivity index (χ0n) is 11.9. The summed E-state index contributed by atoms with van der Waals surface area (Å²) in [5.74, 6) is -1.82. The van der Waals surface area contributed by atoms with Crippen LogP contribution in [0, 0.1) is 0 Å². The summed E-state index contributed by atoms with van der Waals surface area (Å²) in [6.45, 7) is 0. The standard InChI is InChI=1S/C18H12O5/c19-14-9-10-15(23-11-5-2-1-3-6-11)12-7-4-8-13(16(12)14)17(20)18(21)22/h1-10,19H,(H,21,22). The number of hydrogen-bond donors (Lipinski definition) is 2. The first-order chi connectivity index (χ1) is 11.1. The number of hydrogen-bond acceptors (Lipinski definition) is 4. The molecule has 3 aromatic rings. The number of ether oxygens (including phenoxy) is 1. The number of carboxylic acid groups (broad SMARTS) is 1. The van der Waals surface area contributed by atoms with E-state index >= 15 is 0 Å². The molecule has 0 aromatic heterocycles. The minimum atomic E-state index is -1.58. The van der Waals surface area contributed by atoms with Gasteiger partial charge < -0.3 is 14.9 Å². The number of fused-ring (bicyclic) bond motifs is 1. The highest BCUT2D eigenvalue weighted by Gasteiger charge is 2.20. The molecule has 0 fully saturated rings. The summed E-state index contributed by atoms with van der Waals surface area (Å²) in [6.07, 6.45) is 0. The minimum Gasteiger partial charge on any atom is -0.507 e. The SMILES string of the molecule is O=C(O)C(=O)c1cccc2c(Oc3ccccc3)ccc(O)c12. The van der Waals surface area contributed by atoms with Crippen LogP contribution in [0.5, 0.6) is 17.2 Å². The van der Waals surface area contributed by atoms with Gasteiger partial charge in [0.2, 0.25) is 0 Å². The lowest BCUT2D eigenvalue weighted by Gasteiger charge is -2.12. The molecule has 0 unspecified atom stereocenters. The van der Waals surface area contributed by atoms with Crippen molar-refractivity contribution in [3.05, 3.63) is 66.2 Å². The predicted molar refractivity (Wildman–Crippen MR) is 84.1 cm³/mol. The summed E-state index contributed by atoms with van der Waals surface area (Å²) in [7, 11) is 0. The van der Waals surface area contributed by atoms with Crippen LogP contribution in [0.4, 0.5) is 0 Å². The van der Waals surface area contributed by atoms with Gasteiger partial charge in [0.05, 0.1) is 0 Å². The molecule has 5 heteroatoms. The number of para-hydroxylation sites is 1. The van der Waals surface area contributed by atoms with Crippen molar-refractivity contribution in [1.29, 1.82) is 0 Å². The van der Waals surface area contributed by atoms with Crippen LogP contribution >= 0.6 is 0 Å². The highest BCUT2D eigenvalue weighted by Crippen LogP contribution is 2.37. The Labute approximate surface area is 131 Å². The van der Waals surface area contributed by atoms with Gasteiger partial charge in [-0.05, 0) is 30.3 Å². The molecule has 114 valence electrons. The molecule has 0 radical (unpaired) electrons. The molecule has 23 heavy (non-hydrogen) atoms. The minimum absolute atomic E-state index is 0.0778. The quantitative estimate of drug-likeness (QED) is 0.568. The summed E-state index contributed by atoms with van der Waals surface area (Å²) >= 11 is 0. The van der Waals surface area contributed by atoms with Crippen molar-refractivity contribution in [2.75, 3.05) is 0 Å². The number of carbonyl (C=O) groups excluding carboxylic acids is 1. The van der Waals surface area contributed by atoms with Crippen LogP contribution in [0.1, 0.15) is 10.4 Å². The summed E-state index contributed by atoms with van der Waals surface area (Å²) in [6, 6.07) is 16.5. The Bertz CT molecular complexity index is 900. The molecule has 0 spiro atoms. The van der Waals surface area contributed by atoms with Crippen molar-refractivity contribution in [2.24, 2.45) is 0 Å². The van der Waals surface area contributed by atoms with Crippen molar-refractivity contribution in [2.45, 2.75) is 0 Å². The Morgan fingerprint density at radius 1 is 0.870 bits per heavy atom. The average Bonchev–Trinajstić information content (AvgIpc) is 2.57. The van der Waals surface area contributed by atoms with Crippen LogP contribution < -0.4 is 4.74 Å². The second-order valence-electron chi connectivity index (χ2n) is 4.86. The number of phenols is 1. The van der Waals surface area contributed by atoms with Crippen LogP contribution in [0.3, 0.4) is 0 Å². The van der Waals surface area contributed by atoms with E-state index in [0.29, 0.717) is 16.9 Å². The number of benzene rings is 3. The third-order valence-corrected chi connectivity index (χ3v) is 3.39. The van der Waals surface area contributed by atoms with Crippen LogP contribution in [0.15, 0.2) is 60.7 Å². The van der Waals surface area contributed by atoms with Gasteiger partial charge in [-0.2, -0.15) is 0 Å². The van der Waals surface area contributed by atoms with Crippen molar-refractivity contribution < 1.29 is 24.5 Å². The van der Waals surface area contributed by atoms with Crippen molar-refractivity contribution in [3.8, 4) is 17.2 Å². The van der Waals surface area contributed by atoms with Gasteiger partial charge in [0, 0.05) is 16.3 Å². The molecule has 0 atom stereocenters. The lowest BCUT2D eigenvalue weighted by Crippen LogP contribution is -2.13. The van der Waals surface area contributed by atoms with Gasteiger partial charge >= 0.3 is 5.97 Å². The van der Waals surface area contributed by atoms with E-state index in [0.717, 1.165) is 0 Å². The number of Topliss-reactive ketones (excluding diaryl/α,β-unsaturated/α-hetero) is 1. The van der Waals surface area contributed by atoms with E-state index in [4.69, 9.17) is 9.84 Å². The van der Waals surface area contributed by atoms with E-state index in [1.165, 1.54) is 12.1 Å². The van der Waals surface area contributed by atoms with Gasteiger partial charge in [0.15, 0.2) is 0 Å². The first-order valence-corrected chi connectivity index (χ1v) is 6.83. The average molecular weight is 308 g/mol.